The lowest BCUT2D eigenvalue weighted by Gasteiger charge is -2.22. The van der Waals surface area contributed by atoms with Crippen molar-refractivity contribution in [2.75, 3.05) is 17.7 Å². The van der Waals surface area contributed by atoms with E-state index in [2.05, 4.69) is 34.2 Å². The van der Waals surface area contributed by atoms with E-state index in [9.17, 15) is 24.8 Å². The summed E-state index contributed by atoms with van der Waals surface area (Å²) in [7, 11) is 1.44. The van der Waals surface area contributed by atoms with Crippen molar-refractivity contribution in [1.82, 2.24) is 5.32 Å². The van der Waals surface area contributed by atoms with Crippen LogP contribution >= 0.6 is 23.1 Å². The maximum absolute atomic E-state index is 13.7. The molecule has 1 heterocycles. The van der Waals surface area contributed by atoms with E-state index in [4.69, 9.17) is 4.74 Å². The van der Waals surface area contributed by atoms with Gasteiger partial charge in [-0.1, -0.05) is 54.6 Å². The van der Waals surface area contributed by atoms with Gasteiger partial charge >= 0.3 is 0 Å². The SMILES string of the molecule is COc1cc(O)ccc1/C=C(/NC(=O)c1ccccc1)C(=O)Nc1cccc(SC(C)C(=O)Nc2sc3c(c2C#N)CCC(c2ccccc2)C3)c1. The highest BCUT2D eigenvalue weighted by Crippen LogP contribution is 2.42. The Morgan fingerprint density at radius 2 is 1.73 bits per heavy atom. The number of phenols is 1. The second-order valence-electron chi connectivity index (χ2n) is 12.2. The third kappa shape index (κ3) is 8.54. The first-order valence-corrected chi connectivity index (χ1v) is 18.4. The number of aromatic hydroxyl groups is 1. The second kappa shape index (κ2) is 16.5. The Morgan fingerprint density at radius 1 is 0.981 bits per heavy atom. The summed E-state index contributed by atoms with van der Waals surface area (Å²) in [5.41, 5.74) is 4.11. The van der Waals surface area contributed by atoms with E-state index in [1.54, 1.807) is 61.5 Å². The van der Waals surface area contributed by atoms with Crippen molar-refractivity contribution in [3.05, 3.63) is 142 Å². The third-order valence-electron chi connectivity index (χ3n) is 8.70. The quantitative estimate of drug-likeness (QED) is 0.0795. The van der Waals surface area contributed by atoms with E-state index in [1.807, 2.05) is 24.3 Å². The summed E-state index contributed by atoms with van der Waals surface area (Å²) in [5.74, 6) is -0.620. The summed E-state index contributed by atoms with van der Waals surface area (Å²) >= 11 is 2.81. The standard InChI is InChI=1S/C41H36N4O5S2/c1-25(38(47)45-41-34(24-42)33-19-17-28(21-37(33)52-41)26-10-5-3-6-11-26)51-32-15-9-14-30(22-32)43-40(49)35(44-39(48)27-12-7-4-8-13-27)20-29-16-18-31(46)23-36(29)50-2/h3-16,18,20,22-23,25,28,46H,17,19,21H2,1-2H3,(H,43,49)(H,44,48)(H,45,47)/b35-20+. The number of phenolic OH excluding ortho intramolecular Hbond substituents is 1. The number of anilines is 2. The number of ether oxygens (including phenoxy) is 1. The fourth-order valence-corrected chi connectivity index (χ4v) is 8.24. The molecule has 0 radical (unpaired) electrons. The fraction of sp³-hybridized carbons (Fsp3) is 0.171. The maximum Gasteiger partial charge on any atom is 0.272 e. The Labute approximate surface area is 310 Å². The van der Waals surface area contributed by atoms with Crippen LogP contribution in [-0.4, -0.2) is 35.2 Å². The largest absolute Gasteiger partial charge is 0.508 e. The van der Waals surface area contributed by atoms with Crippen LogP contribution in [0.4, 0.5) is 10.7 Å². The summed E-state index contributed by atoms with van der Waals surface area (Å²) in [6, 6.07) is 32.7. The summed E-state index contributed by atoms with van der Waals surface area (Å²) in [6.45, 7) is 1.79. The Kier molecular flexibility index (Phi) is 11.4. The summed E-state index contributed by atoms with van der Waals surface area (Å²) in [4.78, 5) is 42.1. The molecule has 9 nitrogen and oxygen atoms in total. The number of carbonyl (C=O) groups excluding carboxylic acids is 3. The molecule has 1 aromatic heterocycles. The van der Waals surface area contributed by atoms with Gasteiger partial charge in [0.05, 0.1) is 17.9 Å². The van der Waals surface area contributed by atoms with E-state index < -0.39 is 17.1 Å². The lowest BCUT2D eigenvalue weighted by atomic mass is 9.83. The molecule has 0 saturated heterocycles. The van der Waals surface area contributed by atoms with Gasteiger partial charge in [-0.2, -0.15) is 5.26 Å². The number of nitrogens with zero attached hydrogens (tertiary/aromatic N) is 1. The van der Waals surface area contributed by atoms with Crippen LogP contribution in [0.15, 0.2) is 114 Å². The predicted octanol–water partition coefficient (Wildman–Crippen LogP) is 8.14. The van der Waals surface area contributed by atoms with Crippen molar-refractivity contribution < 1.29 is 24.2 Å². The molecule has 1 aliphatic rings. The van der Waals surface area contributed by atoms with Crippen LogP contribution in [0.25, 0.3) is 6.08 Å². The average molecular weight is 729 g/mol. The first kappa shape index (κ1) is 36.0. The fourth-order valence-electron chi connectivity index (χ4n) is 6.04. The van der Waals surface area contributed by atoms with Crippen LogP contribution in [0.1, 0.15) is 56.8 Å². The molecule has 0 spiro atoms. The minimum Gasteiger partial charge on any atom is -0.508 e. The molecule has 1 aliphatic carbocycles. The lowest BCUT2D eigenvalue weighted by Crippen LogP contribution is -2.30. The Bertz CT molecular complexity index is 2180. The highest BCUT2D eigenvalue weighted by Gasteiger charge is 2.28. The van der Waals surface area contributed by atoms with Crippen LogP contribution in [0, 0.1) is 11.3 Å². The van der Waals surface area contributed by atoms with Gasteiger partial charge in [-0.15, -0.1) is 23.1 Å². The average Bonchev–Trinajstić information content (AvgIpc) is 3.51. The van der Waals surface area contributed by atoms with Gasteiger partial charge in [0.15, 0.2) is 0 Å². The van der Waals surface area contributed by atoms with Crippen molar-refractivity contribution in [2.24, 2.45) is 0 Å². The van der Waals surface area contributed by atoms with Crippen molar-refractivity contribution in [3.63, 3.8) is 0 Å². The van der Waals surface area contributed by atoms with Crippen molar-refractivity contribution >= 4 is 57.6 Å². The Balaban J connectivity index is 1.15. The zero-order chi connectivity index (χ0) is 36.6. The van der Waals surface area contributed by atoms with Gasteiger partial charge in [0.1, 0.15) is 28.3 Å². The summed E-state index contributed by atoms with van der Waals surface area (Å²) in [5, 5.41) is 28.6. The lowest BCUT2D eigenvalue weighted by molar-refractivity contribution is -0.115. The minimum absolute atomic E-state index is 0.0115. The maximum atomic E-state index is 13.7. The number of thiophene rings is 1. The number of rotatable bonds is 11. The predicted molar refractivity (Wildman–Crippen MR) is 206 cm³/mol. The van der Waals surface area contributed by atoms with Crippen LogP contribution in [-0.2, 0) is 22.4 Å². The first-order chi connectivity index (χ1) is 25.2. The number of thioether (sulfide) groups is 1. The highest BCUT2D eigenvalue weighted by atomic mass is 32.2. The molecule has 4 aromatic carbocycles. The number of carbonyl (C=O) groups is 3. The number of hydrogen-bond acceptors (Lipinski definition) is 8. The van der Waals surface area contributed by atoms with E-state index >= 15 is 0 Å². The molecule has 3 amide bonds. The number of nitrogens with one attached hydrogen (secondary N) is 3. The van der Waals surface area contributed by atoms with Gasteiger partial charge in [0, 0.05) is 32.7 Å². The van der Waals surface area contributed by atoms with Crippen molar-refractivity contribution in [2.45, 2.75) is 42.2 Å². The monoisotopic (exact) mass is 728 g/mol. The van der Waals surface area contributed by atoms with Gasteiger partial charge < -0.3 is 25.8 Å². The molecule has 5 aromatic rings. The molecule has 6 rings (SSSR count). The van der Waals surface area contributed by atoms with Crippen LogP contribution < -0.4 is 20.7 Å². The number of nitriles is 1. The van der Waals surface area contributed by atoms with E-state index in [-0.39, 0.29) is 17.4 Å². The van der Waals surface area contributed by atoms with Crippen LogP contribution in [0.5, 0.6) is 11.5 Å². The molecule has 11 heteroatoms. The zero-order valence-electron chi connectivity index (χ0n) is 28.5. The van der Waals surface area contributed by atoms with E-state index in [1.165, 1.54) is 54.0 Å². The number of methoxy groups -OCH3 is 1. The van der Waals surface area contributed by atoms with Crippen molar-refractivity contribution in [1.29, 1.82) is 5.26 Å². The molecule has 2 unspecified atom stereocenters. The molecular formula is C41H36N4O5S2. The number of benzene rings is 4. The molecule has 0 saturated carbocycles. The minimum atomic E-state index is -0.590. The molecule has 0 fully saturated rings. The molecule has 4 N–H and O–H groups in total. The summed E-state index contributed by atoms with van der Waals surface area (Å²) in [6.07, 6.45) is 4.06. The highest BCUT2D eigenvalue weighted by molar-refractivity contribution is 8.00. The van der Waals surface area contributed by atoms with Gasteiger partial charge in [0.25, 0.3) is 11.8 Å². The molecule has 2 atom stereocenters. The van der Waals surface area contributed by atoms with Gasteiger partial charge in [-0.05, 0) is 91.8 Å². The third-order valence-corrected chi connectivity index (χ3v) is 11.0. The molecule has 0 aliphatic heterocycles. The normalized spacial score (nSPS) is 14.3. The summed E-state index contributed by atoms with van der Waals surface area (Å²) < 4.78 is 5.38. The Hall–Kier alpha value is -5.83. The second-order valence-corrected chi connectivity index (χ2v) is 14.7. The number of hydrogen-bond donors (Lipinski definition) is 4. The number of amides is 3. The van der Waals surface area contributed by atoms with E-state index in [0.717, 1.165) is 34.6 Å². The van der Waals surface area contributed by atoms with Gasteiger partial charge in [-0.3, -0.25) is 14.4 Å². The molecule has 0 bridgehead atoms. The van der Waals surface area contributed by atoms with Crippen LogP contribution in [0.2, 0.25) is 0 Å². The topological polar surface area (TPSA) is 141 Å². The smallest absolute Gasteiger partial charge is 0.272 e. The number of fused-ring (bicyclic) bond motifs is 1. The zero-order valence-corrected chi connectivity index (χ0v) is 30.1. The van der Waals surface area contributed by atoms with Crippen LogP contribution in [0.3, 0.4) is 0 Å². The molecule has 52 heavy (non-hydrogen) atoms. The first-order valence-electron chi connectivity index (χ1n) is 16.7. The van der Waals surface area contributed by atoms with Gasteiger partial charge in [0.2, 0.25) is 5.91 Å². The van der Waals surface area contributed by atoms with E-state index in [0.29, 0.717) is 39.0 Å². The Morgan fingerprint density at radius 3 is 2.46 bits per heavy atom. The molecular weight excluding hydrogens is 693 g/mol. The van der Waals surface area contributed by atoms with Gasteiger partial charge in [-0.25, -0.2) is 0 Å². The molecule has 262 valence electrons. The van der Waals surface area contributed by atoms with Crippen molar-refractivity contribution in [3.8, 4) is 17.6 Å².